The summed E-state index contributed by atoms with van der Waals surface area (Å²) < 4.78 is 5.17. The highest BCUT2D eigenvalue weighted by Gasteiger charge is 2.50. The lowest BCUT2D eigenvalue weighted by atomic mass is 9.78. The minimum atomic E-state index is -0.567. The van der Waals surface area contributed by atoms with E-state index in [9.17, 15) is 5.11 Å². The summed E-state index contributed by atoms with van der Waals surface area (Å²) in [6, 6.07) is 10.7. The van der Waals surface area contributed by atoms with Gasteiger partial charge in [-0.15, -0.1) is 0 Å². The maximum atomic E-state index is 11.4. The predicted molar refractivity (Wildman–Crippen MR) is 77.4 cm³/mol. The molecule has 0 spiro atoms. The van der Waals surface area contributed by atoms with Crippen molar-refractivity contribution in [3.63, 3.8) is 0 Å². The van der Waals surface area contributed by atoms with Crippen LogP contribution in [0.2, 0.25) is 0 Å². The van der Waals surface area contributed by atoms with Crippen LogP contribution < -0.4 is 0 Å². The fourth-order valence-corrected chi connectivity index (χ4v) is 4.29. The molecule has 2 heteroatoms. The highest BCUT2D eigenvalue weighted by atomic mass is 16.3. The van der Waals surface area contributed by atoms with E-state index in [0.29, 0.717) is 11.8 Å². The Labute approximate surface area is 119 Å². The molecule has 4 rings (SSSR count). The van der Waals surface area contributed by atoms with Gasteiger partial charge in [0, 0.05) is 6.42 Å². The number of aliphatic hydroxyl groups is 1. The van der Waals surface area contributed by atoms with Crippen LogP contribution in [-0.4, -0.2) is 10.7 Å². The molecule has 0 radical (unpaired) electrons. The van der Waals surface area contributed by atoms with Crippen molar-refractivity contribution in [3.8, 4) is 0 Å². The lowest BCUT2D eigenvalue weighted by Gasteiger charge is -2.33. The summed E-state index contributed by atoms with van der Waals surface area (Å²) in [7, 11) is 0. The molecule has 2 aromatic rings. The molecule has 1 heterocycles. The molecular weight excluding hydrogens is 248 g/mol. The molecule has 2 atom stereocenters. The van der Waals surface area contributed by atoms with Crippen molar-refractivity contribution in [1.82, 2.24) is 0 Å². The molecule has 1 fully saturated rings. The minimum absolute atomic E-state index is 0.381. The Morgan fingerprint density at radius 3 is 2.25 bits per heavy atom. The summed E-state index contributed by atoms with van der Waals surface area (Å²) in [6.45, 7) is 0. The van der Waals surface area contributed by atoms with Crippen LogP contribution in [-0.2, 0) is 19.3 Å². The van der Waals surface area contributed by atoms with E-state index in [1.54, 1.807) is 12.5 Å². The van der Waals surface area contributed by atoms with Crippen molar-refractivity contribution in [2.24, 2.45) is 11.8 Å². The molecule has 20 heavy (non-hydrogen) atoms. The van der Waals surface area contributed by atoms with Gasteiger partial charge in [-0.3, -0.25) is 0 Å². The lowest BCUT2D eigenvalue weighted by Crippen LogP contribution is -2.42. The van der Waals surface area contributed by atoms with Crippen LogP contribution in [0.25, 0.3) is 0 Å². The molecule has 0 amide bonds. The molecular formula is C18H20O2. The summed E-state index contributed by atoms with van der Waals surface area (Å²) >= 11 is 0. The zero-order valence-electron chi connectivity index (χ0n) is 11.6. The zero-order valence-corrected chi connectivity index (χ0v) is 11.6. The molecule has 1 aromatic heterocycles. The van der Waals surface area contributed by atoms with Crippen molar-refractivity contribution < 1.29 is 9.52 Å². The number of hydrogen-bond donors (Lipinski definition) is 1. The first-order valence-corrected chi connectivity index (χ1v) is 7.56. The maximum absolute atomic E-state index is 11.4. The number of rotatable bonds is 2. The normalized spacial score (nSPS) is 31.9. The summed E-state index contributed by atoms with van der Waals surface area (Å²) in [5.41, 5.74) is 3.43. The summed E-state index contributed by atoms with van der Waals surface area (Å²) in [6.07, 6.45) is 8.52. The molecule has 2 bridgehead atoms. The Hall–Kier alpha value is -1.54. The van der Waals surface area contributed by atoms with Crippen molar-refractivity contribution in [2.45, 2.75) is 37.7 Å². The van der Waals surface area contributed by atoms with Crippen LogP contribution in [0.4, 0.5) is 0 Å². The third-order valence-electron chi connectivity index (χ3n) is 5.40. The monoisotopic (exact) mass is 268 g/mol. The van der Waals surface area contributed by atoms with Crippen molar-refractivity contribution >= 4 is 0 Å². The largest absolute Gasteiger partial charge is 0.472 e. The second-order valence-corrected chi connectivity index (χ2v) is 6.45. The van der Waals surface area contributed by atoms with E-state index < -0.39 is 5.60 Å². The molecule has 2 unspecified atom stereocenters. The van der Waals surface area contributed by atoms with Crippen LogP contribution in [0.1, 0.15) is 29.5 Å². The Bertz CT molecular complexity index is 567. The topological polar surface area (TPSA) is 33.4 Å². The molecule has 0 aliphatic heterocycles. The summed E-state index contributed by atoms with van der Waals surface area (Å²) in [4.78, 5) is 0. The van der Waals surface area contributed by atoms with Crippen molar-refractivity contribution in [3.05, 3.63) is 59.5 Å². The third-order valence-corrected chi connectivity index (χ3v) is 5.40. The van der Waals surface area contributed by atoms with Crippen LogP contribution >= 0.6 is 0 Å². The van der Waals surface area contributed by atoms with E-state index in [1.165, 1.54) is 11.1 Å². The van der Waals surface area contributed by atoms with E-state index in [2.05, 4.69) is 24.3 Å². The van der Waals surface area contributed by atoms with E-state index in [-0.39, 0.29) is 0 Å². The Morgan fingerprint density at radius 2 is 1.70 bits per heavy atom. The van der Waals surface area contributed by atoms with Gasteiger partial charge < -0.3 is 9.52 Å². The molecule has 104 valence electrons. The fourth-order valence-electron chi connectivity index (χ4n) is 4.29. The molecule has 2 aliphatic carbocycles. The molecule has 1 saturated carbocycles. The summed E-state index contributed by atoms with van der Waals surface area (Å²) in [5.74, 6) is 0.761. The smallest absolute Gasteiger partial charge is 0.0935 e. The van der Waals surface area contributed by atoms with Crippen LogP contribution in [0.15, 0.2) is 47.3 Å². The maximum Gasteiger partial charge on any atom is 0.0935 e. The number of benzene rings is 1. The van der Waals surface area contributed by atoms with Gasteiger partial charge in [0.15, 0.2) is 0 Å². The number of furan rings is 1. The van der Waals surface area contributed by atoms with E-state index in [0.717, 1.165) is 37.7 Å². The fraction of sp³-hybridized carbons (Fsp3) is 0.444. The summed E-state index contributed by atoms with van der Waals surface area (Å²) in [5, 5.41) is 11.4. The molecule has 0 saturated heterocycles. The molecule has 2 nitrogen and oxygen atoms in total. The minimum Gasteiger partial charge on any atom is -0.472 e. The van der Waals surface area contributed by atoms with Gasteiger partial charge >= 0.3 is 0 Å². The second kappa shape index (κ2) is 4.49. The SMILES string of the molecule is OC1(Cc2ccoc2)C2CCC1Cc1ccccc1C2. The van der Waals surface area contributed by atoms with Gasteiger partial charge in [-0.2, -0.15) is 0 Å². The molecule has 1 aromatic carbocycles. The number of fused-ring (bicyclic) bond motifs is 3. The Morgan fingerprint density at radius 1 is 1.05 bits per heavy atom. The van der Waals surface area contributed by atoms with E-state index in [1.807, 2.05) is 6.07 Å². The van der Waals surface area contributed by atoms with Gasteiger partial charge in [0.2, 0.25) is 0 Å². The van der Waals surface area contributed by atoms with Crippen LogP contribution in [0.3, 0.4) is 0 Å². The molecule has 2 aliphatic rings. The third kappa shape index (κ3) is 1.82. The first kappa shape index (κ1) is 12.2. The molecule has 1 N–H and O–H groups in total. The van der Waals surface area contributed by atoms with Gasteiger partial charge in [0.1, 0.15) is 0 Å². The van der Waals surface area contributed by atoms with E-state index in [4.69, 9.17) is 4.42 Å². The van der Waals surface area contributed by atoms with Crippen LogP contribution in [0, 0.1) is 11.8 Å². The zero-order chi connectivity index (χ0) is 13.6. The first-order valence-electron chi connectivity index (χ1n) is 7.56. The highest BCUT2D eigenvalue weighted by molar-refractivity contribution is 5.32. The average Bonchev–Trinajstić information content (AvgIpc) is 2.98. The highest BCUT2D eigenvalue weighted by Crippen LogP contribution is 2.48. The lowest BCUT2D eigenvalue weighted by molar-refractivity contribution is -0.0331. The van der Waals surface area contributed by atoms with Crippen LogP contribution in [0.5, 0.6) is 0 Å². The predicted octanol–water partition coefficient (Wildman–Crippen LogP) is 3.38. The first-order chi connectivity index (χ1) is 9.75. The van der Waals surface area contributed by atoms with Gasteiger partial charge in [-0.05, 0) is 60.3 Å². The Balaban J connectivity index is 1.69. The number of hydrogen-bond acceptors (Lipinski definition) is 2. The van der Waals surface area contributed by atoms with Gasteiger partial charge in [-0.1, -0.05) is 24.3 Å². The second-order valence-electron chi connectivity index (χ2n) is 6.45. The van der Waals surface area contributed by atoms with Gasteiger partial charge in [0.25, 0.3) is 0 Å². The van der Waals surface area contributed by atoms with Gasteiger partial charge in [-0.25, -0.2) is 0 Å². The average molecular weight is 268 g/mol. The van der Waals surface area contributed by atoms with E-state index >= 15 is 0 Å². The van der Waals surface area contributed by atoms with Crippen molar-refractivity contribution in [2.75, 3.05) is 0 Å². The van der Waals surface area contributed by atoms with Gasteiger partial charge in [0.05, 0.1) is 18.1 Å². The quantitative estimate of drug-likeness (QED) is 0.906. The standard InChI is InChI=1S/C18H20O2/c19-18(11-13-7-8-20-12-13)16-5-6-17(18)10-15-4-2-1-3-14(15)9-16/h1-4,7-8,12,16-17,19H,5-6,9-11H2. The van der Waals surface area contributed by atoms with Crippen molar-refractivity contribution in [1.29, 1.82) is 0 Å². The Kier molecular flexibility index (Phi) is 2.74.